The minimum Gasteiger partial charge on any atom is -0.271 e. The molecule has 0 spiro atoms. The van der Waals surface area contributed by atoms with Crippen LogP contribution in [0, 0.1) is 0 Å². The van der Waals surface area contributed by atoms with Crippen LogP contribution in [0.4, 0.5) is 0 Å². The van der Waals surface area contributed by atoms with Crippen molar-refractivity contribution in [3.63, 3.8) is 0 Å². The fourth-order valence-electron chi connectivity index (χ4n) is 4.59. The van der Waals surface area contributed by atoms with Crippen LogP contribution in [-0.4, -0.2) is 22.8 Å². The predicted molar refractivity (Wildman–Crippen MR) is 98.8 cm³/mol. The molecule has 25 heavy (non-hydrogen) atoms. The van der Waals surface area contributed by atoms with Crippen molar-refractivity contribution in [2.75, 3.05) is 0 Å². The molecule has 5 rings (SSSR count). The van der Waals surface area contributed by atoms with E-state index in [1.165, 1.54) is 6.42 Å². The number of amides is 2. The molecule has 2 aliphatic rings. The number of hydrogen-bond donors (Lipinski definition) is 0. The molecule has 0 N–H and O–H groups in total. The number of carbonyl (C=O) groups excluding carboxylic acids is 2. The van der Waals surface area contributed by atoms with Gasteiger partial charge in [0.1, 0.15) is 0 Å². The van der Waals surface area contributed by atoms with Crippen LogP contribution in [0.2, 0.25) is 0 Å². The zero-order valence-electron chi connectivity index (χ0n) is 14.0. The number of hydrogen-bond acceptors (Lipinski definition) is 2. The molecule has 0 aromatic heterocycles. The summed E-state index contributed by atoms with van der Waals surface area (Å²) in [7, 11) is 0. The van der Waals surface area contributed by atoms with Crippen molar-refractivity contribution in [3.8, 4) is 0 Å². The summed E-state index contributed by atoms with van der Waals surface area (Å²) >= 11 is 0. The van der Waals surface area contributed by atoms with Crippen LogP contribution in [0.3, 0.4) is 0 Å². The van der Waals surface area contributed by atoms with Crippen molar-refractivity contribution >= 4 is 33.4 Å². The summed E-state index contributed by atoms with van der Waals surface area (Å²) in [6.45, 7) is 0. The van der Waals surface area contributed by atoms with Gasteiger partial charge in [-0.1, -0.05) is 67.8 Å². The second-order valence-electron chi connectivity index (χ2n) is 7.11. The maximum absolute atomic E-state index is 13.3. The predicted octanol–water partition coefficient (Wildman–Crippen LogP) is 4.92. The van der Waals surface area contributed by atoms with Gasteiger partial charge in [-0.05, 0) is 34.4 Å². The third kappa shape index (κ3) is 1.98. The molecule has 3 nitrogen and oxygen atoms in total. The standard InChI is InChI=1S/C22H19NO2/c24-21-19-17-12-6-4-10-15(17)16-11-5-7-13-18(16)20(19)22(25)23(21)14-8-2-1-3-9-14/h4-7,10-14H,1-3,8-9H2. The van der Waals surface area contributed by atoms with Gasteiger partial charge in [0.2, 0.25) is 0 Å². The average molecular weight is 329 g/mol. The van der Waals surface area contributed by atoms with E-state index < -0.39 is 0 Å². The summed E-state index contributed by atoms with van der Waals surface area (Å²) in [4.78, 5) is 28.1. The SMILES string of the molecule is O=C1c2c(c3ccccc3c3ccccc23)C(=O)N1C1CCCCC1. The molecule has 0 atom stereocenters. The van der Waals surface area contributed by atoms with E-state index in [-0.39, 0.29) is 17.9 Å². The second kappa shape index (κ2) is 5.41. The van der Waals surface area contributed by atoms with Crippen LogP contribution in [0.5, 0.6) is 0 Å². The Morgan fingerprint density at radius 1 is 0.640 bits per heavy atom. The van der Waals surface area contributed by atoms with Crippen LogP contribution in [-0.2, 0) is 0 Å². The highest BCUT2D eigenvalue weighted by molar-refractivity contribution is 6.33. The van der Waals surface area contributed by atoms with Crippen LogP contribution in [0.15, 0.2) is 48.5 Å². The summed E-state index contributed by atoms with van der Waals surface area (Å²) in [6.07, 6.45) is 5.26. The monoisotopic (exact) mass is 329 g/mol. The lowest BCUT2D eigenvalue weighted by Crippen LogP contribution is -2.40. The molecule has 0 unspecified atom stereocenters. The summed E-state index contributed by atoms with van der Waals surface area (Å²) < 4.78 is 0. The maximum atomic E-state index is 13.3. The molecule has 1 saturated carbocycles. The fraction of sp³-hybridized carbons (Fsp3) is 0.273. The van der Waals surface area contributed by atoms with E-state index >= 15 is 0 Å². The number of fused-ring (bicyclic) bond motifs is 6. The smallest absolute Gasteiger partial charge is 0.262 e. The third-order valence-electron chi connectivity index (χ3n) is 5.74. The van der Waals surface area contributed by atoms with Crippen molar-refractivity contribution in [3.05, 3.63) is 59.7 Å². The lowest BCUT2D eigenvalue weighted by Gasteiger charge is -2.29. The first-order valence-electron chi connectivity index (χ1n) is 9.08. The highest BCUT2D eigenvalue weighted by atomic mass is 16.2. The molecular weight excluding hydrogens is 310 g/mol. The summed E-state index contributed by atoms with van der Waals surface area (Å²) in [6, 6.07) is 15.9. The van der Waals surface area contributed by atoms with Crippen LogP contribution >= 0.6 is 0 Å². The summed E-state index contributed by atoms with van der Waals surface area (Å²) in [5.41, 5.74) is 1.20. The van der Waals surface area contributed by atoms with Crippen LogP contribution < -0.4 is 0 Å². The Morgan fingerprint density at radius 2 is 1.08 bits per heavy atom. The number of benzene rings is 3. The quantitative estimate of drug-likeness (QED) is 0.469. The highest BCUT2D eigenvalue weighted by Gasteiger charge is 2.42. The van der Waals surface area contributed by atoms with E-state index in [4.69, 9.17) is 0 Å². The van der Waals surface area contributed by atoms with Gasteiger partial charge in [-0.15, -0.1) is 0 Å². The van der Waals surface area contributed by atoms with Gasteiger partial charge in [0.05, 0.1) is 11.1 Å². The Kier molecular flexibility index (Phi) is 3.17. The van der Waals surface area contributed by atoms with Crippen molar-refractivity contribution in [1.82, 2.24) is 4.90 Å². The van der Waals surface area contributed by atoms with Gasteiger partial charge in [0.15, 0.2) is 0 Å². The van der Waals surface area contributed by atoms with Gasteiger partial charge in [0, 0.05) is 6.04 Å². The van der Waals surface area contributed by atoms with Gasteiger partial charge >= 0.3 is 0 Å². The first-order valence-corrected chi connectivity index (χ1v) is 9.08. The maximum Gasteiger partial charge on any atom is 0.262 e. The molecular formula is C22H19NO2. The molecule has 1 heterocycles. The van der Waals surface area contributed by atoms with Gasteiger partial charge in [0.25, 0.3) is 11.8 Å². The first-order chi connectivity index (χ1) is 12.3. The number of rotatable bonds is 1. The Balaban J connectivity index is 1.82. The topological polar surface area (TPSA) is 37.4 Å². The Morgan fingerprint density at radius 3 is 1.56 bits per heavy atom. The Bertz CT molecular complexity index is 956. The number of nitrogens with zero attached hydrogens (tertiary/aromatic N) is 1. The second-order valence-corrected chi connectivity index (χ2v) is 7.11. The normalized spacial score (nSPS) is 18.3. The molecule has 1 aliphatic carbocycles. The van der Waals surface area contributed by atoms with E-state index in [2.05, 4.69) is 0 Å². The largest absolute Gasteiger partial charge is 0.271 e. The highest BCUT2D eigenvalue weighted by Crippen LogP contribution is 2.40. The van der Waals surface area contributed by atoms with Gasteiger partial charge in [-0.25, -0.2) is 0 Å². The fourth-order valence-corrected chi connectivity index (χ4v) is 4.59. The molecule has 1 fully saturated rings. The minimum absolute atomic E-state index is 0.0543. The van der Waals surface area contributed by atoms with Crippen molar-refractivity contribution in [2.24, 2.45) is 0 Å². The molecule has 124 valence electrons. The first kappa shape index (κ1) is 14.6. The summed E-state index contributed by atoms with van der Waals surface area (Å²) in [5.74, 6) is -0.206. The molecule has 1 aliphatic heterocycles. The van der Waals surface area contributed by atoms with Crippen molar-refractivity contribution < 1.29 is 9.59 Å². The molecule has 3 aromatic rings. The lowest BCUT2D eigenvalue weighted by atomic mass is 9.93. The van der Waals surface area contributed by atoms with Crippen LogP contribution in [0.25, 0.3) is 21.5 Å². The van der Waals surface area contributed by atoms with E-state index in [9.17, 15) is 9.59 Å². The lowest BCUT2D eigenvalue weighted by molar-refractivity contribution is 0.0550. The van der Waals surface area contributed by atoms with E-state index in [1.54, 1.807) is 4.90 Å². The molecule has 0 radical (unpaired) electrons. The third-order valence-corrected chi connectivity index (χ3v) is 5.74. The van der Waals surface area contributed by atoms with Gasteiger partial charge in [-0.3, -0.25) is 14.5 Å². The molecule has 3 aromatic carbocycles. The number of carbonyl (C=O) groups is 2. The van der Waals surface area contributed by atoms with Gasteiger partial charge in [-0.2, -0.15) is 0 Å². The van der Waals surface area contributed by atoms with Crippen molar-refractivity contribution in [2.45, 2.75) is 38.1 Å². The molecule has 2 amide bonds. The summed E-state index contributed by atoms with van der Waals surface area (Å²) in [5, 5.41) is 3.88. The van der Waals surface area contributed by atoms with Crippen molar-refractivity contribution in [1.29, 1.82) is 0 Å². The van der Waals surface area contributed by atoms with E-state index in [0.717, 1.165) is 47.2 Å². The average Bonchev–Trinajstić information content (AvgIpc) is 2.94. The zero-order valence-corrected chi connectivity index (χ0v) is 14.0. The minimum atomic E-state index is -0.103. The van der Waals surface area contributed by atoms with Crippen LogP contribution in [0.1, 0.15) is 52.8 Å². The Labute approximate surface area is 146 Å². The van der Waals surface area contributed by atoms with E-state index in [1.807, 2.05) is 48.5 Å². The molecule has 0 bridgehead atoms. The Hall–Kier alpha value is -2.68. The van der Waals surface area contributed by atoms with Gasteiger partial charge < -0.3 is 0 Å². The van der Waals surface area contributed by atoms with E-state index in [0.29, 0.717) is 11.1 Å². The zero-order chi connectivity index (χ0) is 17.0. The number of imide groups is 1. The molecule has 0 saturated heterocycles. The molecule has 3 heteroatoms.